The van der Waals surface area contributed by atoms with E-state index in [0.29, 0.717) is 11.5 Å². The molecule has 3 aromatic rings. The predicted molar refractivity (Wildman–Crippen MR) is 79.0 cm³/mol. The van der Waals surface area contributed by atoms with E-state index in [1.807, 2.05) is 16.7 Å². The van der Waals surface area contributed by atoms with E-state index < -0.39 is 0 Å². The highest BCUT2D eigenvalue weighted by atomic mass is 19.1. The Hall–Kier alpha value is -2.36. The SMILES string of the molecule is Cc1ccccc1CCn1c(N)nc2cc(F)ccc21. The fourth-order valence-electron chi connectivity index (χ4n) is 2.48. The van der Waals surface area contributed by atoms with Crippen LogP contribution in [-0.4, -0.2) is 9.55 Å². The highest BCUT2D eigenvalue weighted by molar-refractivity contribution is 5.78. The Labute approximate surface area is 116 Å². The summed E-state index contributed by atoms with van der Waals surface area (Å²) in [5, 5.41) is 0. The van der Waals surface area contributed by atoms with Crippen LogP contribution in [-0.2, 0) is 13.0 Å². The summed E-state index contributed by atoms with van der Waals surface area (Å²) >= 11 is 0. The van der Waals surface area contributed by atoms with Crippen LogP contribution in [0.15, 0.2) is 42.5 Å². The number of imidazole rings is 1. The van der Waals surface area contributed by atoms with Crippen molar-refractivity contribution < 1.29 is 4.39 Å². The Bertz CT molecular complexity index is 762. The van der Waals surface area contributed by atoms with Crippen LogP contribution in [0.25, 0.3) is 11.0 Å². The van der Waals surface area contributed by atoms with E-state index >= 15 is 0 Å². The molecule has 0 saturated heterocycles. The number of fused-ring (bicyclic) bond motifs is 1. The number of benzene rings is 2. The first kappa shape index (κ1) is 12.7. The van der Waals surface area contributed by atoms with Gasteiger partial charge in [0.2, 0.25) is 5.95 Å². The highest BCUT2D eigenvalue weighted by Crippen LogP contribution is 2.20. The lowest BCUT2D eigenvalue weighted by molar-refractivity contribution is 0.629. The van der Waals surface area contributed by atoms with Gasteiger partial charge in [-0.05, 0) is 36.6 Å². The van der Waals surface area contributed by atoms with Crippen molar-refractivity contribution >= 4 is 17.0 Å². The van der Waals surface area contributed by atoms with Crippen molar-refractivity contribution in [1.29, 1.82) is 0 Å². The largest absolute Gasteiger partial charge is 0.369 e. The molecule has 1 aromatic heterocycles. The maximum Gasteiger partial charge on any atom is 0.201 e. The Balaban J connectivity index is 1.91. The molecule has 0 aliphatic heterocycles. The summed E-state index contributed by atoms with van der Waals surface area (Å²) in [4.78, 5) is 4.21. The number of aromatic nitrogens is 2. The molecule has 2 N–H and O–H groups in total. The Morgan fingerprint density at radius 1 is 1.20 bits per heavy atom. The zero-order valence-corrected chi connectivity index (χ0v) is 11.3. The molecule has 0 amide bonds. The number of nitrogens with zero attached hydrogens (tertiary/aromatic N) is 2. The first-order valence-electron chi connectivity index (χ1n) is 6.61. The maximum atomic E-state index is 13.2. The molecule has 0 aliphatic rings. The number of halogens is 1. The molecule has 3 nitrogen and oxygen atoms in total. The molecule has 102 valence electrons. The fraction of sp³-hybridized carbons (Fsp3) is 0.188. The van der Waals surface area contributed by atoms with E-state index in [9.17, 15) is 4.39 Å². The first-order chi connectivity index (χ1) is 9.65. The molecule has 4 heteroatoms. The van der Waals surface area contributed by atoms with Gasteiger partial charge in [0.1, 0.15) is 5.82 Å². The minimum absolute atomic E-state index is 0.291. The third-order valence-electron chi connectivity index (χ3n) is 3.61. The van der Waals surface area contributed by atoms with Crippen LogP contribution in [0.5, 0.6) is 0 Å². The van der Waals surface area contributed by atoms with E-state index in [2.05, 4.69) is 24.0 Å². The lowest BCUT2D eigenvalue weighted by atomic mass is 10.1. The molecule has 0 fully saturated rings. The minimum atomic E-state index is -0.291. The van der Waals surface area contributed by atoms with Crippen LogP contribution >= 0.6 is 0 Å². The quantitative estimate of drug-likeness (QED) is 0.792. The van der Waals surface area contributed by atoms with Crippen molar-refractivity contribution in [2.45, 2.75) is 19.9 Å². The van der Waals surface area contributed by atoms with Crippen molar-refractivity contribution in [3.05, 3.63) is 59.4 Å². The summed E-state index contributed by atoms with van der Waals surface area (Å²) in [7, 11) is 0. The molecule has 0 spiro atoms. The van der Waals surface area contributed by atoms with Gasteiger partial charge in [-0.2, -0.15) is 0 Å². The van der Waals surface area contributed by atoms with Gasteiger partial charge in [0, 0.05) is 12.6 Å². The summed E-state index contributed by atoms with van der Waals surface area (Å²) in [5.41, 5.74) is 9.96. The number of rotatable bonds is 3. The number of hydrogen-bond acceptors (Lipinski definition) is 2. The second-order valence-corrected chi connectivity index (χ2v) is 4.93. The monoisotopic (exact) mass is 269 g/mol. The van der Waals surface area contributed by atoms with Crippen LogP contribution in [0.3, 0.4) is 0 Å². The predicted octanol–water partition coefficient (Wildman–Crippen LogP) is 3.31. The third-order valence-corrected chi connectivity index (χ3v) is 3.61. The van der Waals surface area contributed by atoms with Crippen molar-refractivity contribution in [2.24, 2.45) is 0 Å². The van der Waals surface area contributed by atoms with Gasteiger partial charge in [-0.1, -0.05) is 24.3 Å². The topological polar surface area (TPSA) is 43.8 Å². The zero-order valence-electron chi connectivity index (χ0n) is 11.3. The van der Waals surface area contributed by atoms with Gasteiger partial charge in [0.15, 0.2) is 0 Å². The molecule has 0 unspecified atom stereocenters. The molecule has 3 rings (SSSR count). The van der Waals surface area contributed by atoms with Gasteiger partial charge in [0.25, 0.3) is 0 Å². The number of nitrogen functional groups attached to an aromatic ring is 1. The minimum Gasteiger partial charge on any atom is -0.369 e. The van der Waals surface area contributed by atoms with Gasteiger partial charge in [-0.25, -0.2) is 9.37 Å². The molecule has 0 atom stereocenters. The lowest BCUT2D eigenvalue weighted by Crippen LogP contribution is -2.06. The standard InChI is InChI=1S/C16H16FN3/c1-11-4-2-3-5-12(11)8-9-20-15-7-6-13(17)10-14(15)19-16(20)18/h2-7,10H,8-9H2,1H3,(H2,18,19). The van der Waals surface area contributed by atoms with Gasteiger partial charge in [-0.3, -0.25) is 0 Å². The molecular weight excluding hydrogens is 253 g/mol. The van der Waals surface area contributed by atoms with E-state index in [0.717, 1.165) is 18.5 Å². The fourth-order valence-corrected chi connectivity index (χ4v) is 2.48. The van der Waals surface area contributed by atoms with Crippen LogP contribution in [0.1, 0.15) is 11.1 Å². The molecule has 0 saturated carbocycles. The van der Waals surface area contributed by atoms with Crippen LogP contribution in [0.2, 0.25) is 0 Å². The summed E-state index contributed by atoms with van der Waals surface area (Å²) in [6.07, 6.45) is 0.875. The molecule has 1 heterocycles. The number of aryl methyl sites for hydroxylation is 3. The Morgan fingerprint density at radius 2 is 2.00 bits per heavy atom. The van der Waals surface area contributed by atoms with Gasteiger partial charge >= 0.3 is 0 Å². The average Bonchev–Trinajstić information content (AvgIpc) is 2.73. The van der Waals surface area contributed by atoms with E-state index in [1.54, 1.807) is 6.07 Å². The van der Waals surface area contributed by atoms with E-state index in [-0.39, 0.29) is 5.82 Å². The normalized spacial score (nSPS) is 11.1. The van der Waals surface area contributed by atoms with Crippen LogP contribution in [0, 0.1) is 12.7 Å². The van der Waals surface area contributed by atoms with Gasteiger partial charge < -0.3 is 10.3 Å². The Kier molecular flexibility index (Phi) is 3.14. The summed E-state index contributed by atoms with van der Waals surface area (Å²) in [6.45, 7) is 2.83. The summed E-state index contributed by atoms with van der Waals surface area (Å²) < 4.78 is 15.1. The smallest absolute Gasteiger partial charge is 0.201 e. The molecule has 20 heavy (non-hydrogen) atoms. The van der Waals surface area contributed by atoms with Crippen LogP contribution < -0.4 is 5.73 Å². The van der Waals surface area contributed by atoms with E-state index in [1.165, 1.54) is 23.3 Å². The Morgan fingerprint density at radius 3 is 2.80 bits per heavy atom. The van der Waals surface area contributed by atoms with E-state index in [4.69, 9.17) is 5.73 Å². The molecular formula is C16H16FN3. The van der Waals surface area contributed by atoms with Crippen molar-refractivity contribution in [3.63, 3.8) is 0 Å². The third kappa shape index (κ3) is 2.25. The average molecular weight is 269 g/mol. The molecule has 0 bridgehead atoms. The van der Waals surface area contributed by atoms with Crippen LogP contribution in [0.4, 0.5) is 10.3 Å². The molecule has 0 aliphatic carbocycles. The molecule has 2 aromatic carbocycles. The number of anilines is 1. The van der Waals surface area contributed by atoms with Crippen molar-refractivity contribution in [1.82, 2.24) is 9.55 Å². The molecule has 0 radical (unpaired) electrons. The van der Waals surface area contributed by atoms with Crippen molar-refractivity contribution in [3.8, 4) is 0 Å². The highest BCUT2D eigenvalue weighted by Gasteiger charge is 2.09. The number of hydrogen-bond donors (Lipinski definition) is 1. The first-order valence-corrected chi connectivity index (χ1v) is 6.61. The maximum absolute atomic E-state index is 13.2. The second-order valence-electron chi connectivity index (χ2n) is 4.93. The zero-order chi connectivity index (χ0) is 14.1. The van der Waals surface area contributed by atoms with Gasteiger partial charge in [0.05, 0.1) is 11.0 Å². The summed E-state index contributed by atoms with van der Waals surface area (Å²) in [6, 6.07) is 12.9. The second kappa shape index (κ2) is 4.96. The number of nitrogens with two attached hydrogens (primary N) is 1. The van der Waals surface area contributed by atoms with Crippen molar-refractivity contribution in [2.75, 3.05) is 5.73 Å². The lowest BCUT2D eigenvalue weighted by Gasteiger charge is -2.08. The van der Waals surface area contributed by atoms with Gasteiger partial charge in [-0.15, -0.1) is 0 Å². The summed E-state index contributed by atoms with van der Waals surface area (Å²) in [5.74, 6) is 0.139.